The van der Waals surface area contributed by atoms with Gasteiger partial charge in [0, 0.05) is 36.6 Å². The molecule has 5 amide bonds. The van der Waals surface area contributed by atoms with Crippen LogP contribution in [0.4, 0.5) is 0 Å². The Morgan fingerprint density at radius 1 is 0.757 bits per heavy atom. The van der Waals surface area contributed by atoms with Crippen LogP contribution >= 0.6 is 0 Å². The number of nitrogens with two attached hydrogens (primary N) is 3. The Balaban J connectivity index is 2.20. The molecule has 0 aliphatic rings. The standard InChI is InChI=1S/C20H28N10O7/c21-11(3-15(22)31)17(33)28-13(4-16(23)32)19(35)29-12(1-9-5-24-7-26-9)18(34)30-14(20(36)37)2-10-6-25-8-27-10/h5-8,11-14H,1-4,21H2,(H2,22,31)(H2,23,32)(H,24,26)(H,25,27)(H,28,33)(H,29,35)(H,30,34)(H,36,37). The lowest BCUT2D eigenvalue weighted by molar-refractivity contribution is -0.142. The molecule has 17 heteroatoms. The molecule has 0 aliphatic heterocycles. The van der Waals surface area contributed by atoms with Gasteiger partial charge in [-0.15, -0.1) is 0 Å². The van der Waals surface area contributed by atoms with Crippen molar-refractivity contribution < 1.29 is 33.9 Å². The minimum Gasteiger partial charge on any atom is -0.480 e. The summed E-state index contributed by atoms with van der Waals surface area (Å²) < 4.78 is 0. The third-order valence-corrected chi connectivity index (χ3v) is 5.00. The largest absolute Gasteiger partial charge is 0.480 e. The zero-order valence-corrected chi connectivity index (χ0v) is 19.5. The number of hydrogen-bond donors (Lipinski definition) is 9. The van der Waals surface area contributed by atoms with Crippen LogP contribution in [0.1, 0.15) is 24.2 Å². The minimum absolute atomic E-state index is 0.121. The molecular formula is C20H28N10O7. The molecule has 0 bridgehead atoms. The maximum Gasteiger partial charge on any atom is 0.326 e. The molecule has 0 radical (unpaired) electrons. The van der Waals surface area contributed by atoms with Crippen molar-refractivity contribution in [3.63, 3.8) is 0 Å². The highest BCUT2D eigenvalue weighted by Gasteiger charge is 2.32. The molecule has 37 heavy (non-hydrogen) atoms. The first-order valence-corrected chi connectivity index (χ1v) is 10.9. The van der Waals surface area contributed by atoms with Crippen LogP contribution in [-0.2, 0) is 41.6 Å². The predicted molar refractivity (Wildman–Crippen MR) is 124 cm³/mol. The number of aromatic amines is 2. The Hall–Kier alpha value is -4.80. The van der Waals surface area contributed by atoms with Crippen molar-refractivity contribution in [1.82, 2.24) is 35.9 Å². The van der Waals surface area contributed by atoms with Crippen LogP contribution in [0.5, 0.6) is 0 Å². The van der Waals surface area contributed by atoms with E-state index in [2.05, 4.69) is 35.9 Å². The predicted octanol–water partition coefficient (Wildman–Crippen LogP) is -4.46. The third kappa shape index (κ3) is 9.40. The summed E-state index contributed by atoms with van der Waals surface area (Å²) in [4.78, 5) is 85.7. The summed E-state index contributed by atoms with van der Waals surface area (Å²) in [5.74, 6) is -5.97. The second kappa shape index (κ2) is 13.3. The van der Waals surface area contributed by atoms with Gasteiger partial charge in [-0.05, 0) is 0 Å². The molecule has 2 aromatic rings. The normalized spacial score (nSPS) is 14.0. The molecule has 4 unspecified atom stereocenters. The van der Waals surface area contributed by atoms with Crippen LogP contribution in [-0.4, -0.2) is 84.7 Å². The molecule has 0 spiro atoms. The van der Waals surface area contributed by atoms with E-state index in [-0.39, 0.29) is 12.8 Å². The monoisotopic (exact) mass is 520 g/mol. The van der Waals surface area contributed by atoms with Gasteiger partial charge in [0.15, 0.2) is 0 Å². The highest BCUT2D eigenvalue weighted by Crippen LogP contribution is 2.05. The van der Waals surface area contributed by atoms with E-state index < -0.39 is 72.5 Å². The average molecular weight is 521 g/mol. The molecule has 12 N–H and O–H groups in total. The number of primary amides is 2. The smallest absolute Gasteiger partial charge is 0.326 e. The Morgan fingerprint density at radius 3 is 1.68 bits per heavy atom. The molecule has 0 aliphatic carbocycles. The number of amides is 5. The number of hydrogen-bond acceptors (Lipinski definition) is 9. The summed E-state index contributed by atoms with van der Waals surface area (Å²) in [5.41, 5.74) is 16.6. The number of H-pyrrole nitrogens is 2. The van der Waals surface area contributed by atoms with Gasteiger partial charge in [-0.3, -0.25) is 24.0 Å². The quantitative estimate of drug-likeness (QED) is 0.108. The molecule has 200 valence electrons. The molecular weight excluding hydrogens is 492 g/mol. The first-order valence-electron chi connectivity index (χ1n) is 10.9. The maximum absolute atomic E-state index is 13.0. The first kappa shape index (κ1) is 28.4. The average Bonchev–Trinajstić information content (AvgIpc) is 3.51. The number of carboxylic acids is 1. The number of nitrogens with zero attached hydrogens (tertiary/aromatic N) is 2. The SMILES string of the molecule is NC(=O)CC(N)C(=O)NC(CC(N)=O)C(=O)NC(Cc1cnc[nH]1)C(=O)NC(Cc1cnc[nH]1)C(=O)O. The van der Waals surface area contributed by atoms with Gasteiger partial charge in [0.25, 0.3) is 0 Å². The Bertz CT molecular complexity index is 1100. The fourth-order valence-corrected chi connectivity index (χ4v) is 3.19. The molecule has 0 fully saturated rings. The van der Waals surface area contributed by atoms with Crippen LogP contribution in [0, 0.1) is 0 Å². The van der Waals surface area contributed by atoms with E-state index in [1.54, 1.807) is 0 Å². The molecule has 17 nitrogen and oxygen atoms in total. The van der Waals surface area contributed by atoms with Crippen molar-refractivity contribution in [3.05, 3.63) is 36.4 Å². The lowest BCUT2D eigenvalue weighted by atomic mass is 10.1. The van der Waals surface area contributed by atoms with Gasteiger partial charge in [-0.1, -0.05) is 0 Å². The Kier molecular flexibility index (Phi) is 10.2. The number of nitrogens with one attached hydrogen (secondary N) is 5. The van der Waals surface area contributed by atoms with E-state index in [1.807, 2.05) is 0 Å². The lowest BCUT2D eigenvalue weighted by Crippen LogP contribution is -2.58. The summed E-state index contributed by atoms with van der Waals surface area (Å²) in [6.07, 6.45) is 4.02. The zero-order valence-electron chi connectivity index (χ0n) is 19.5. The van der Waals surface area contributed by atoms with Crippen LogP contribution in [0.15, 0.2) is 25.0 Å². The van der Waals surface area contributed by atoms with Gasteiger partial charge in [0.2, 0.25) is 29.5 Å². The van der Waals surface area contributed by atoms with E-state index in [0.717, 1.165) is 0 Å². The van der Waals surface area contributed by atoms with Gasteiger partial charge >= 0.3 is 5.97 Å². The maximum atomic E-state index is 13.0. The number of aromatic nitrogens is 4. The first-order chi connectivity index (χ1) is 17.5. The van der Waals surface area contributed by atoms with Crippen LogP contribution in [0.3, 0.4) is 0 Å². The molecule has 0 aromatic carbocycles. The fourth-order valence-electron chi connectivity index (χ4n) is 3.19. The molecule has 0 saturated carbocycles. The van der Waals surface area contributed by atoms with Crippen molar-refractivity contribution in [2.45, 2.75) is 49.9 Å². The van der Waals surface area contributed by atoms with E-state index in [4.69, 9.17) is 17.2 Å². The topological polar surface area (TPSA) is 294 Å². The van der Waals surface area contributed by atoms with Crippen molar-refractivity contribution in [1.29, 1.82) is 0 Å². The number of aliphatic carboxylic acids is 1. The van der Waals surface area contributed by atoms with Gasteiger partial charge in [-0.25, -0.2) is 14.8 Å². The van der Waals surface area contributed by atoms with E-state index in [1.165, 1.54) is 25.0 Å². The molecule has 0 saturated heterocycles. The molecule has 4 atom stereocenters. The number of carbonyl (C=O) groups excluding carboxylic acids is 5. The third-order valence-electron chi connectivity index (χ3n) is 5.00. The summed E-state index contributed by atoms with van der Waals surface area (Å²) in [6, 6.07) is -5.69. The fraction of sp³-hybridized carbons (Fsp3) is 0.400. The van der Waals surface area contributed by atoms with Gasteiger partial charge in [0.1, 0.15) is 18.1 Å². The molecule has 2 rings (SSSR count). The zero-order chi connectivity index (χ0) is 27.5. The Morgan fingerprint density at radius 2 is 1.22 bits per heavy atom. The Labute approximate surface area is 209 Å². The second-order valence-electron chi connectivity index (χ2n) is 8.03. The van der Waals surface area contributed by atoms with Crippen LogP contribution in [0.25, 0.3) is 0 Å². The highest BCUT2D eigenvalue weighted by molar-refractivity contribution is 5.97. The van der Waals surface area contributed by atoms with E-state index >= 15 is 0 Å². The van der Waals surface area contributed by atoms with Crippen molar-refractivity contribution in [3.8, 4) is 0 Å². The molecule has 2 aromatic heterocycles. The number of rotatable bonds is 15. The summed E-state index contributed by atoms with van der Waals surface area (Å²) in [5, 5.41) is 16.5. The number of carbonyl (C=O) groups is 6. The molecule has 2 heterocycles. The van der Waals surface area contributed by atoms with Crippen molar-refractivity contribution in [2.75, 3.05) is 0 Å². The van der Waals surface area contributed by atoms with E-state index in [9.17, 15) is 33.9 Å². The summed E-state index contributed by atoms with van der Waals surface area (Å²) in [7, 11) is 0. The lowest BCUT2D eigenvalue weighted by Gasteiger charge is -2.24. The van der Waals surface area contributed by atoms with Gasteiger partial charge < -0.3 is 48.2 Å². The van der Waals surface area contributed by atoms with Gasteiger partial charge in [-0.2, -0.15) is 0 Å². The number of carboxylic acid groups (broad SMARTS) is 1. The van der Waals surface area contributed by atoms with Crippen molar-refractivity contribution >= 4 is 35.5 Å². The van der Waals surface area contributed by atoms with Crippen LogP contribution < -0.4 is 33.2 Å². The number of imidazole rings is 2. The minimum atomic E-state index is -1.55. The second-order valence-corrected chi connectivity index (χ2v) is 8.03. The van der Waals surface area contributed by atoms with Crippen molar-refractivity contribution in [2.24, 2.45) is 17.2 Å². The van der Waals surface area contributed by atoms with E-state index in [0.29, 0.717) is 11.4 Å². The summed E-state index contributed by atoms with van der Waals surface area (Å²) >= 11 is 0. The summed E-state index contributed by atoms with van der Waals surface area (Å²) in [6.45, 7) is 0. The highest BCUT2D eigenvalue weighted by atomic mass is 16.4. The van der Waals surface area contributed by atoms with Gasteiger partial charge in [0.05, 0.1) is 31.5 Å². The van der Waals surface area contributed by atoms with Crippen LogP contribution in [0.2, 0.25) is 0 Å².